The van der Waals surface area contributed by atoms with E-state index in [1.807, 2.05) is 74.5 Å². The number of carbonyl (C=O) groups is 3. The van der Waals surface area contributed by atoms with Gasteiger partial charge in [-0.15, -0.1) is 0 Å². The van der Waals surface area contributed by atoms with Gasteiger partial charge in [0.05, 0.1) is 0 Å². The highest BCUT2D eigenvalue weighted by Gasteiger charge is 2.36. The van der Waals surface area contributed by atoms with Crippen LogP contribution in [-0.4, -0.2) is 40.5 Å². The second kappa shape index (κ2) is 12.2. The second-order valence-electron chi connectivity index (χ2n) is 9.57. The monoisotopic (exact) mass is 467 g/mol. The van der Waals surface area contributed by atoms with Crippen LogP contribution in [0.4, 0.5) is 4.79 Å². The smallest absolute Gasteiger partial charge is 0.408 e. The third-order valence-electron chi connectivity index (χ3n) is 5.56. The molecular weight excluding hydrogens is 430 g/mol. The van der Waals surface area contributed by atoms with E-state index in [9.17, 15) is 14.4 Å². The van der Waals surface area contributed by atoms with Gasteiger partial charge < -0.3 is 20.7 Å². The van der Waals surface area contributed by atoms with Crippen LogP contribution in [-0.2, 0) is 27.3 Å². The zero-order valence-corrected chi connectivity index (χ0v) is 20.8. The van der Waals surface area contributed by atoms with Crippen molar-refractivity contribution < 1.29 is 19.1 Å². The van der Waals surface area contributed by atoms with E-state index in [1.54, 1.807) is 20.8 Å². The fourth-order valence-corrected chi connectivity index (χ4v) is 3.76. The third-order valence-corrected chi connectivity index (χ3v) is 5.56. The number of carbonyl (C=O) groups excluding carboxylic acids is 3. The molecule has 7 nitrogen and oxygen atoms in total. The Bertz CT molecular complexity index is 941. The lowest BCUT2D eigenvalue weighted by Crippen LogP contribution is -2.57. The SMILES string of the molecule is CC[C@H](C)[C@@H](C(N)=O)N(Cc1ccccc1)C(=O)[C@H](Cc1ccccc1)NC(=O)OC(C)(C)C. The quantitative estimate of drug-likeness (QED) is 0.550. The van der Waals surface area contributed by atoms with Gasteiger partial charge in [-0.1, -0.05) is 80.9 Å². The standard InChI is InChI=1S/C27H37N3O4/c1-6-19(2)23(24(28)31)30(18-21-15-11-8-12-16-21)25(32)22(17-20-13-9-7-10-14-20)29-26(33)34-27(3,4)5/h7-16,19,22-23H,6,17-18H2,1-5H3,(H2,28,31)(H,29,33)/t19-,22-,23-/m0/s1. The van der Waals surface area contributed by atoms with Crippen LogP contribution in [0.1, 0.15) is 52.2 Å². The van der Waals surface area contributed by atoms with Crippen LogP contribution in [0.5, 0.6) is 0 Å². The van der Waals surface area contributed by atoms with Crippen LogP contribution in [0.3, 0.4) is 0 Å². The average Bonchev–Trinajstić information content (AvgIpc) is 2.77. The molecule has 34 heavy (non-hydrogen) atoms. The average molecular weight is 468 g/mol. The Labute approximate surface area is 202 Å². The summed E-state index contributed by atoms with van der Waals surface area (Å²) in [5, 5.41) is 2.73. The lowest BCUT2D eigenvalue weighted by molar-refractivity contribution is -0.143. The maximum absolute atomic E-state index is 14.0. The molecule has 0 unspecified atom stereocenters. The van der Waals surface area contributed by atoms with Gasteiger partial charge in [0.1, 0.15) is 17.7 Å². The van der Waals surface area contributed by atoms with Gasteiger partial charge >= 0.3 is 6.09 Å². The first-order valence-electron chi connectivity index (χ1n) is 11.7. The highest BCUT2D eigenvalue weighted by Crippen LogP contribution is 2.20. The van der Waals surface area contributed by atoms with Gasteiger partial charge in [0.2, 0.25) is 11.8 Å². The van der Waals surface area contributed by atoms with E-state index in [0.717, 1.165) is 11.1 Å². The number of alkyl carbamates (subject to hydrolysis) is 1. The molecule has 0 saturated heterocycles. The molecule has 7 heteroatoms. The molecule has 0 radical (unpaired) electrons. The Balaban J connectivity index is 2.45. The summed E-state index contributed by atoms with van der Waals surface area (Å²) in [7, 11) is 0. The zero-order valence-electron chi connectivity index (χ0n) is 20.8. The van der Waals surface area contributed by atoms with E-state index in [2.05, 4.69) is 5.32 Å². The van der Waals surface area contributed by atoms with Gasteiger partial charge in [-0.2, -0.15) is 0 Å². The fraction of sp³-hybridized carbons (Fsp3) is 0.444. The van der Waals surface area contributed by atoms with Gasteiger partial charge in [0.15, 0.2) is 0 Å². The Morgan fingerprint density at radius 3 is 1.97 bits per heavy atom. The molecule has 2 aromatic rings. The minimum absolute atomic E-state index is 0.163. The molecule has 3 amide bonds. The molecular formula is C27H37N3O4. The number of nitrogens with one attached hydrogen (secondary N) is 1. The normalized spacial score (nSPS) is 13.9. The Kier molecular flexibility index (Phi) is 9.66. The summed E-state index contributed by atoms with van der Waals surface area (Å²) in [5.41, 5.74) is 6.81. The number of nitrogens with zero attached hydrogens (tertiary/aromatic N) is 1. The topological polar surface area (TPSA) is 102 Å². The predicted octanol–water partition coefficient (Wildman–Crippen LogP) is 4.05. The molecule has 0 saturated carbocycles. The summed E-state index contributed by atoms with van der Waals surface area (Å²) in [6.45, 7) is 9.32. The highest BCUT2D eigenvalue weighted by atomic mass is 16.6. The number of primary amides is 1. The van der Waals surface area contributed by atoms with Crippen molar-refractivity contribution in [3.63, 3.8) is 0 Å². The van der Waals surface area contributed by atoms with Crippen LogP contribution in [0, 0.1) is 5.92 Å². The number of hydrogen-bond donors (Lipinski definition) is 2. The van der Waals surface area contributed by atoms with E-state index < -0.39 is 29.7 Å². The third kappa shape index (κ3) is 8.21. The zero-order chi connectivity index (χ0) is 25.3. The summed E-state index contributed by atoms with van der Waals surface area (Å²) in [6.07, 6.45) is 0.214. The molecule has 0 aliphatic rings. The van der Waals surface area contributed by atoms with Crippen LogP contribution >= 0.6 is 0 Å². The largest absolute Gasteiger partial charge is 0.444 e. The summed E-state index contributed by atoms with van der Waals surface area (Å²) < 4.78 is 5.42. The highest BCUT2D eigenvalue weighted by molar-refractivity contribution is 5.91. The van der Waals surface area contributed by atoms with E-state index in [0.29, 0.717) is 6.42 Å². The minimum Gasteiger partial charge on any atom is -0.444 e. The maximum Gasteiger partial charge on any atom is 0.408 e. The number of rotatable bonds is 10. The van der Waals surface area contributed by atoms with Crippen molar-refractivity contribution in [2.75, 3.05) is 0 Å². The second-order valence-corrected chi connectivity index (χ2v) is 9.57. The molecule has 0 bridgehead atoms. The van der Waals surface area contributed by atoms with Crippen molar-refractivity contribution in [1.82, 2.24) is 10.2 Å². The van der Waals surface area contributed by atoms with E-state index in [1.165, 1.54) is 4.90 Å². The van der Waals surface area contributed by atoms with Gasteiger partial charge in [-0.05, 0) is 37.8 Å². The molecule has 2 rings (SSSR count). The molecule has 0 aliphatic heterocycles. The van der Waals surface area contributed by atoms with E-state index >= 15 is 0 Å². The van der Waals surface area contributed by atoms with Crippen LogP contribution in [0.15, 0.2) is 60.7 Å². The van der Waals surface area contributed by atoms with Gasteiger partial charge in [0, 0.05) is 13.0 Å². The van der Waals surface area contributed by atoms with Crippen molar-refractivity contribution in [3.8, 4) is 0 Å². The van der Waals surface area contributed by atoms with Gasteiger partial charge in [-0.25, -0.2) is 4.79 Å². The molecule has 0 spiro atoms. The van der Waals surface area contributed by atoms with Crippen LogP contribution in [0.25, 0.3) is 0 Å². The minimum atomic E-state index is -0.938. The molecule has 0 aliphatic carbocycles. The first-order valence-corrected chi connectivity index (χ1v) is 11.7. The summed E-state index contributed by atoms with van der Waals surface area (Å²) in [4.78, 5) is 40.6. The lowest BCUT2D eigenvalue weighted by atomic mass is 9.94. The van der Waals surface area contributed by atoms with E-state index in [4.69, 9.17) is 10.5 Å². The summed E-state index contributed by atoms with van der Waals surface area (Å²) in [6, 6.07) is 17.1. The summed E-state index contributed by atoms with van der Waals surface area (Å²) >= 11 is 0. The number of amides is 3. The first-order chi connectivity index (χ1) is 16.0. The van der Waals surface area contributed by atoms with E-state index in [-0.39, 0.29) is 24.8 Å². The Morgan fingerprint density at radius 1 is 0.971 bits per heavy atom. The predicted molar refractivity (Wildman–Crippen MR) is 133 cm³/mol. The van der Waals surface area contributed by atoms with Crippen molar-refractivity contribution in [1.29, 1.82) is 0 Å². The maximum atomic E-state index is 14.0. The number of benzene rings is 2. The van der Waals surface area contributed by atoms with Crippen molar-refractivity contribution in [2.24, 2.45) is 11.7 Å². The molecule has 2 aromatic carbocycles. The number of nitrogens with two attached hydrogens (primary N) is 1. The van der Waals surface area contributed by atoms with Crippen LogP contribution < -0.4 is 11.1 Å². The number of ether oxygens (including phenoxy) is 1. The molecule has 0 aromatic heterocycles. The Morgan fingerprint density at radius 2 is 1.50 bits per heavy atom. The fourth-order valence-electron chi connectivity index (χ4n) is 3.76. The molecule has 3 N–H and O–H groups in total. The van der Waals surface area contributed by atoms with Gasteiger partial charge in [-0.3, -0.25) is 9.59 Å². The number of hydrogen-bond acceptors (Lipinski definition) is 4. The van der Waals surface area contributed by atoms with Crippen molar-refractivity contribution >= 4 is 17.9 Å². The molecule has 3 atom stereocenters. The van der Waals surface area contributed by atoms with Crippen molar-refractivity contribution in [3.05, 3.63) is 71.8 Å². The Hall–Kier alpha value is -3.35. The van der Waals surface area contributed by atoms with Gasteiger partial charge in [0.25, 0.3) is 0 Å². The molecule has 184 valence electrons. The lowest BCUT2D eigenvalue weighted by Gasteiger charge is -2.36. The first kappa shape index (κ1) is 26.9. The molecule has 0 heterocycles. The van der Waals surface area contributed by atoms with Crippen molar-refractivity contribution in [2.45, 2.75) is 71.7 Å². The van der Waals surface area contributed by atoms with Crippen LogP contribution in [0.2, 0.25) is 0 Å². The molecule has 0 fully saturated rings. The summed E-state index contributed by atoms with van der Waals surface area (Å²) in [5.74, 6) is -1.12.